The van der Waals surface area contributed by atoms with E-state index in [2.05, 4.69) is 54.5 Å². The number of aliphatic hydroxyl groups excluding tert-OH is 1. The molecule has 10 nitrogen and oxygen atoms in total. The van der Waals surface area contributed by atoms with E-state index in [-0.39, 0.29) is 75.1 Å². The molecule has 0 spiro atoms. The van der Waals surface area contributed by atoms with Crippen molar-refractivity contribution in [3.05, 3.63) is 11.6 Å². The van der Waals surface area contributed by atoms with Crippen LogP contribution in [0.2, 0.25) is 0 Å². The lowest BCUT2D eigenvalue weighted by Gasteiger charge is -2.58. The minimum absolute atomic E-state index is 0.0185. The fraction of sp³-hybridized carbons (Fsp3) is 0.900. The van der Waals surface area contributed by atoms with Gasteiger partial charge in [0, 0.05) is 26.1 Å². The number of ether oxygens (including phenoxy) is 4. The first kappa shape index (κ1) is 60.1. The van der Waals surface area contributed by atoms with Gasteiger partial charge in [-0.3, -0.25) is 19.2 Å². The van der Waals surface area contributed by atoms with Crippen LogP contribution in [0.3, 0.4) is 0 Å². The van der Waals surface area contributed by atoms with E-state index in [1.165, 1.54) is 108 Å². The fourth-order valence-corrected chi connectivity index (χ4v) is 13.7. The highest BCUT2D eigenvalue weighted by atomic mass is 16.6. The number of aliphatic hydroxyl groups is 1. The SMILES string of the molecule is CCCCCCCCC(CCCCCCCC)OC(=O)CCOC(=O)CCN(CCCCO)CCC(=O)OCCC(=O)O[C@H]1CC[C@@]2(C)C(=CC[C@H]3[C@@H]4CC[C@H]([C@H](C)CCCC(C)C)[C@@]4(C)CC[C@@H]32)C1. The second-order valence-corrected chi connectivity index (χ2v) is 23.6. The molecule has 70 heavy (non-hydrogen) atoms. The molecule has 0 aromatic carbocycles. The van der Waals surface area contributed by atoms with E-state index in [4.69, 9.17) is 18.9 Å². The molecule has 0 unspecified atom stereocenters. The maximum absolute atomic E-state index is 13.0. The van der Waals surface area contributed by atoms with Crippen molar-refractivity contribution >= 4 is 23.9 Å². The summed E-state index contributed by atoms with van der Waals surface area (Å²) < 4.78 is 22.9. The summed E-state index contributed by atoms with van der Waals surface area (Å²) in [5.74, 6) is 3.33. The van der Waals surface area contributed by atoms with Crippen molar-refractivity contribution in [2.24, 2.45) is 46.3 Å². The molecule has 3 fully saturated rings. The third kappa shape index (κ3) is 20.1. The monoisotopic (exact) mass is 984 g/mol. The van der Waals surface area contributed by atoms with Gasteiger partial charge in [-0.2, -0.15) is 0 Å². The van der Waals surface area contributed by atoms with Gasteiger partial charge in [0.25, 0.3) is 0 Å². The Morgan fingerprint density at radius 2 is 1.26 bits per heavy atom. The lowest BCUT2D eigenvalue weighted by Crippen LogP contribution is -2.51. The summed E-state index contributed by atoms with van der Waals surface area (Å²) in [5, 5.41) is 9.37. The number of esters is 4. The van der Waals surface area contributed by atoms with Gasteiger partial charge in [-0.25, -0.2) is 0 Å². The maximum atomic E-state index is 13.0. The van der Waals surface area contributed by atoms with Gasteiger partial charge >= 0.3 is 23.9 Å². The fourth-order valence-electron chi connectivity index (χ4n) is 13.7. The molecule has 1 N–H and O–H groups in total. The second kappa shape index (κ2) is 32.7. The van der Waals surface area contributed by atoms with Crippen molar-refractivity contribution in [2.45, 2.75) is 260 Å². The molecule has 0 saturated heterocycles. The van der Waals surface area contributed by atoms with Gasteiger partial charge in [0.2, 0.25) is 0 Å². The van der Waals surface area contributed by atoms with Crippen LogP contribution in [0.1, 0.15) is 248 Å². The zero-order valence-electron chi connectivity index (χ0n) is 46.0. The lowest BCUT2D eigenvalue weighted by atomic mass is 9.47. The molecule has 0 heterocycles. The number of nitrogens with zero attached hydrogens (tertiary/aromatic N) is 1. The number of carbonyl (C=O) groups excluding carboxylic acids is 4. The largest absolute Gasteiger partial charge is 0.465 e. The first-order chi connectivity index (χ1) is 33.7. The van der Waals surface area contributed by atoms with E-state index in [1.807, 2.05) is 4.90 Å². The Hall–Kier alpha value is -2.46. The quantitative estimate of drug-likeness (QED) is 0.0278. The van der Waals surface area contributed by atoms with Crippen LogP contribution in [0.5, 0.6) is 0 Å². The van der Waals surface area contributed by atoms with E-state index >= 15 is 0 Å². The van der Waals surface area contributed by atoms with Crippen molar-refractivity contribution in [3.8, 4) is 0 Å². The predicted molar refractivity (Wildman–Crippen MR) is 282 cm³/mol. The van der Waals surface area contributed by atoms with E-state index < -0.39 is 11.9 Å². The molecule has 0 amide bonds. The summed E-state index contributed by atoms with van der Waals surface area (Å²) in [5.41, 5.74) is 2.16. The minimum atomic E-state index is -0.403. The number of allylic oxidation sites excluding steroid dienone is 1. The summed E-state index contributed by atoms with van der Waals surface area (Å²) in [6.45, 7) is 18.3. The Morgan fingerprint density at radius 3 is 1.87 bits per heavy atom. The second-order valence-electron chi connectivity index (χ2n) is 23.6. The molecule has 0 radical (unpaired) electrons. The summed E-state index contributed by atoms with van der Waals surface area (Å²) in [4.78, 5) is 53.4. The van der Waals surface area contributed by atoms with E-state index in [0.717, 1.165) is 93.3 Å². The van der Waals surface area contributed by atoms with Crippen molar-refractivity contribution in [1.29, 1.82) is 0 Å². The molecule has 4 rings (SSSR count). The van der Waals surface area contributed by atoms with Gasteiger partial charge in [0.1, 0.15) is 25.4 Å². The minimum Gasteiger partial charge on any atom is -0.465 e. The normalized spacial score (nSPS) is 25.5. The number of unbranched alkanes of at least 4 members (excludes halogenated alkanes) is 11. The van der Waals surface area contributed by atoms with E-state index in [0.29, 0.717) is 37.9 Å². The predicted octanol–water partition coefficient (Wildman–Crippen LogP) is 14.1. The van der Waals surface area contributed by atoms with Crippen molar-refractivity contribution in [1.82, 2.24) is 4.90 Å². The van der Waals surface area contributed by atoms with Crippen LogP contribution in [0.4, 0.5) is 0 Å². The van der Waals surface area contributed by atoms with E-state index in [1.54, 1.807) is 0 Å². The highest BCUT2D eigenvalue weighted by molar-refractivity contribution is 5.73. The lowest BCUT2D eigenvalue weighted by molar-refractivity contribution is -0.155. The van der Waals surface area contributed by atoms with Crippen molar-refractivity contribution in [3.63, 3.8) is 0 Å². The molecule has 3 saturated carbocycles. The average molecular weight is 984 g/mol. The Kier molecular flexibility index (Phi) is 28.0. The Morgan fingerprint density at radius 1 is 0.643 bits per heavy atom. The number of carbonyl (C=O) groups is 4. The average Bonchev–Trinajstić information content (AvgIpc) is 3.69. The highest BCUT2D eigenvalue weighted by Crippen LogP contribution is 2.67. The molecule has 0 bridgehead atoms. The van der Waals surface area contributed by atoms with Gasteiger partial charge < -0.3 is 29.0 Å². The molecule has 4 aliphatic rings. The molecule has 0 aliphatic heterocycles. The summed E-state index contributed by atoms with van der Waals surface area (Å²) in [6.07, 6.45) is 33.6. The van der Waals surface area contributed by atoms with Gasteiger partial charge in [-0.15, -0.1) is 0 Å². The zero-order valence-corrected chi connectivity index (χ0v) is 46.0. The molecule has 4 aliphatic carbocycles. The Bertz CT molecular complexity index is 1530. The smallest absolute Gasteiger partial charge is 0.309 e. The number of rotatable bonds is 37. The summed E-state index contributed by atoms with van der Waals surface area (Å²) >= 11 is 0. The molecular formula is C60H105NO9. The van der Waals surface area contributed by atoms with Crippen LogP contribution in [-0.4, -0.2) is 85.5 Å². The number of fused-ring (bicyclic) bond motifs is 5. The van der Waals surface area contributed by atoms with Crippen LogP contribution >= 0.6 is 0 Å². The van der Waals surface area contributed by atoms with Gasteiger partial charge in [-0.05, 0) is 136 Å². The van der Waals surface area contributed by atoms with Crippen molar-refractivity contribution < 1.29 is 43.2 Å². The van der Waals surface area contributed by atoms with Gasteiger partial charge in [-0.1, -0.05) is 144 Å². The van der Waals surface area contributed by atoms with E-state index in [9.17, 15) is 24.3 Å². The highest BCUT2D eigenvalue weighted by Gasteiger charge is 2.59. The number of hydrogen-bond donors (Lipinski definition) is 1. The zero-order chi connectivity index (χ0) is 50.8. The first-order valence-electron chi connectivity index (χ1n) is 29.5. The number of hydrogen-bond acceptors (Lipinski definition) is 10. The molecule has 0 aromatic rings. The van der Waals surface area contributed by atoms with Crippen LogP contribution in [-0.2, 0) is 38.1 Å². The maximum Gasteiger partial charge on any atom is 0.309 e. The Balaban J connectivity index is 1.12. The molecule has 8 atom stereocenters. The molecular weight excluding hydrogens is 879 g/mol. The Labute approximate surface area is 427 Å². The van der Waals surface area contributed by atoms with Crippen molar-refractivity contribution in [2.75, 3.05) is 39.5 Å². The molecule has 10 heteroatoms. The summed E-state index contributed by atoms with van der Waals surface area (Å²) in [7, 11) is 0. The van der Waals surface area contributed by atoms with Gasteiger partial charge in [0.05, 0.1) is 25.7 Å². The third-order valence-electron chi connectivity index (χ3n) is 17.9. The molecule has 0 aromatic heterocycles. The summed E-state index contributed by atoms with van der Waals surface area (Å²) in [6, 6.07) is 0. The first-order valence-corrected chi connectivity index (χ1v) is 29.5. The van der Waals surface area contributed by atoms with Crippen LogP contribution in [0, 0.1) is 46.3 Å². The topological polar surface area (TPSA) is 129 Å². The third-order valence-corrected chi connectivity index (χ3v) is 17.9. The standard InChI is InChI=1S/C60H105NO9/c1-8-10-12-14-16-18-25-49(26-19-17-15-13-11-9-2)69-57(65)35-43-67-55(63)33-40-61(39-20-21-42-62)41-34-56(64)68-44-36-58(66)70-50-31-37-59(6)48(45-50)27-28-51-53-30-29-52(47(5)24-22-23-46(3)4)60(53,7)38-32-54(51)59/h27,46-47,49-54,62H,8-26,28-45H2,1-7H3/t47-,50+,51+,52-,53+,54+,59+,60-/m1/s1. The van der Waals surface area contributed by atoms with Gasteiger partial charge in [0.15, 0.2) is 0 Å². The van der Waals surface area contributed by atoms with Crippen LogP contribution in [0.25, 0.3) is 0 Å². The molecule has 404 valence electrons. The van der Waals surface area contributed by atoms with Crippen LogP contribution in [0.15, 0.2) is 11.6 Å². The van der Waals surface area contributed by atoms with Crippen LogP contribution < -0.4 is 0 Å².